The van der Waals surface area contributed by atoms with E-state index in [1.54, 1.807) is 13.0 Å². The molecule has 1 aromatic rings. The van der Waals surface area contributed by atoms with Gasteiger partial charge in [-0.25, -0.2) is 4.39 Å². The zero-order chi connectivity index (χ0) is 14.1. The van der Waals surface area contributed by atoms with Crippen molar-refractivity contribution in [1.29, 1.82) is 0 Å². The quantitative estimate of drug-likeness (QED) is 0.886. The number of aliphatic hydroxyl groups is 1. The first kappa shape index (κ1) is 13.9. The maximum absolute atomic E-state index is 14.3. The summed E-state index contributed by atoms with van der Waals surface area (Å²) in [7, 11) is 0. The van der Waals surface area contributed by atoms with Gasteiger partial charge in [0.05, 0.1) is 11.8 Å². The predicted octanol–water partition coefficient (Wildman–Crippen LogP) is 3.90. The van der Waals surface area contributed by atoms with Crippen LogP contribution in [0.25, 0.3) is 0 Å². The van der Waals surface area contributed by atoms with Gasteiger partial charge in [0.25, 0.3) is 0 Å². The number of hydrogen-bond donors (Lipinski definition) is 1. The SMILES string of the molecule is CC(O)c1cccc(F)c1N1CCC2CCCCC2C1. The molecule has 2 nitrogen and oxygen atoms in total. The standard InChI is InChI=1S/C17H24FNO/c1-12(20)15-7-4-8-16(18)17(15)19-10-9-13-5-2-3-6-14(13)11-19/h4,7-8,12-14,20H,2-3,5-6,9-11H2,1H3. The number of rotatable bonds is 2. The highest BCUT2D eigenvalue weighted by Crippen LogP contribution is 2.39. The number of para-hydroxylation sites is 1. The Bertz CT molecular complexity index is 474. The fourth-order valence-corrected chi connectivity index (χ4v) is 4.01. The second-order valence-corrected chi connectivity index (χ2v) is 6.39. The van der Waals surface area contributed by atoms with Gasteiger partial charge in [0.1, 0.15) is 5.82 Å². The van der Waals surface area contributed by atoms with Crippen LogP contribution < -0.4 is 4.90 Å². The summed E-state index contributed by atoms with van der Waals surface area (Å²) < 4.78 is 14.3. The van der Waals surface area contributed by atoms with Crippen LogP contribution in [0, 0.1) is 17.7 Å². The molecule has 3 heteroatoms. The zero-order valence-corrected chi connectivity index (χ0v) is 12.2. The van der Waals surface area contributed by atoms with Crippen molar-refractivity contribution in [1.82, 2.24) is 0 Å². The number of piperidine rings is 1. The molecule has 1 aromatic carbocycles. The molecular weight excluding hydrogens is 253 g/mol. The summed E-state index contributed by atoms with van der Waals surface area (Å²) >= 11 is 0. The number of aliphatic hydroxyl groups excluding tert-OH is 1. The molecule has 110 valence electrons. The third-order valence-corrected chi connectivity index (χ3v) is 5.08. The molecule has 0 amide bonds. The number of hydrogen-bond acceptors (Lipinski definition) is 2. The first-order chi connectivity index (χ1) is 9.66. The van der Waals surface area contributed by atoms with E-state index >= 15 is 0 Å². The lowest BCUT2D eigenvalue weighted by Gasteiger charge is -2.43. The van der Waals surface area contributed by atoms with E-state index in [1.807, 2.05) is 6.07 Å². The van der Waals surface area contributed by atoms with Crippen molar-refractivity contribution in [3.63, 3.8) is 0 Å². The first-order valence-corrected chi connectivity index (χ1v) is 7.88. The Labute approximate surface area is 120 Å². The minimum absolute atomic E-state index is 0.197. The third kappa shape index (κ3) is 2.56. The van der Waals surface area contributed by atoms with Crippen molar-refractivity contribution in [2.45, 2.75) is 45.1 Å². The van der Waals surface area contributed by atoms with Crippen LogP contribution in [0.4, 0.5) is 10.1 Å². The number of benzene rings is 1. The summed E-state index contributed by atoms with van der Waals surface area (Å²) in [6.07, 6.45) is 5.84. The molecule has 1 aliphatic heterocycles. The summed E-state index contributed by atoms with van der Waals surface area (Å²) in [5.74, 6) is 1.35. The molecule has 0 aromatic heterocycles. The molecule has 0 radical (unpaired) electrons. The Kier molecular flexibility index (Phi) is 3.97. The number of halogens is 1. The van der Waals surface area contributed by atoms with Crippen molar-refractivity contribution in [3.8, 4) is 0 Å². The molecule has 1 saturated carbocycles. The lowest BCUT2D eigenvalue weighted by Crippen LogP contribution is -2.42. The van der Waals surface area contributed by atoms with Crippen LogP contribution in [0.2, 0.25) is 0 Å². The van der Waals surface area contributed by atoms with Crippen molar-refractivity contribution < 1.29 is 9.50 Å². The molecule has 2 fully saturated rings. The van der Waals surface area contributed by atoms with Gasteiger partial charge in [-0.05, 0) is 37.7 Å². The maximum atomic E-state index is 14.3. The van der Waals surface area contributed by atoms with E-state index in [1.165, 1.54) is 31.7 Å². The highest BCUT2D eigenvalue weighted by atomic mass is 19.1. The molecule has 0 bridgehead atoms. The van der Waals surface area contributed by atoms with Crippen LogP contribution in [0.1, 0.15) is 50.7 Å². The van der Waals surface area contributed by atoms with Crippen molar-refractivity contribution in [3.05, 3.63) is 29.6 Å². The van der Waals surface area contributed by atoms with E-state index in [-0.39, 0.29) is 5.82 Å². The molecule has 1 saturated heterocycles. The highest BCUT2D eigenvalue weighted by molar-refractivity contribution is 5.56. The summed E-state index contributed by atoms with van der Waals surface area (Å²) in [6, 6.07) is 5.04. The van der Waals surface area contributed by atoms with E-state index in [2.05, 4.69) is 4.90 Å². The molecule has 20 heavy (non-hydrogen) atoms. The molecule has 1 aliphatic carbocycles. The number of fused-ring (bicyclic) bond motifs is 1. The Morgan fingerprint density at radius 1 is 1.20 bits per heavy atom. The minimum atomic E-state index is -0.621. The third-order valence-electron chi connectivity index (χ3n) is 5.08. The van der Waals surface area contributed by atoms with Crippen LogP contribution >= 0.6 is 0 Å². The summed E-state index contributed by atoms with van der Waals surface area (Å²) in [6.45, 7) is 3.58. The molecular formula is C17H24FNO. The van der Waals surface area contributed by atoms with Crippen molar-refractivity contribution >= 4 is 5.69 Å². The van der Waals surface area contributed by atoms with E-state index in [0.717, 1.165) is 31.0 Å². The average molecular weight is 277 g/mol. The lowest BCUT2D eigenvalue weighted by atomic mass is 9.75. The van der Waals surface area contributed by atoms with E-state index < -0.39 is 6.10 Å². The van der Waals surface area contributed by atoms with Crippen molar-refractivity contribution in [2.75, 3.05) is 18.0 Å². The highest BCUT2D eigenvalue weighted by Gasteiger charge is 2.32. The van der Waals surface area contributed by atoms with Gasteiger partial charge >= 0.3 is 0 Å². The summed E-state index contributed by atoms with van der Waals surface area (Å²) in [5.41, 5.74) is 1.35. The topological polar surface area (TPSA) is 23.5 Å². The average Bonchev–Trinajstić information content (AvgIpc) is 2.46. The van der Waals surface area contributed by atoms with Crippen LogP contribution in [0.3, 0.4) is 0 Å². The van der Waals surface area contributed by atoms with Gasteiger partial charge < -0.3 is 10.0 Å². The van der Waals surface area contributed by atoms with Crippen molar-refractivity contribution in [2.24, 2.45) is 11.8 Å². The van der Waals surface area contributed by atoms with Crippen LogP contribution in [0.15, 0.2) is 18.2 Å². The molecule has 3 unspecified atom stereocenters. The Morgan fingerprint density at radius 3 is 2.70 bits per heavy atom. The smallest absolute Gasteiger partial charge is 0.146 e. The van der Waals surface area contributed by atoms with E-state index in [0.29, 0.717) is 11.6 Å². The van der Waals surface area contributed by atoms with Gasteiger partial charge in [0.15, 0.2) is 0 Å². The normalized spacial score (nSPS) is 28.1. The van der Waals surface area contributed by atoms with E-state index in [9.17, 15) is 9.50 Å². The fraction of sp³-hybridized carbons (Fsp3) is 0.647. The predicted molar refractivity (Wildman–Crippen MR) is 79.3 cm³/mol. The summed E-state index contributed by atoms with van der Waals surface area (Å²) in [5, 5.41) is 9.90. The van der Waals surface area contributed by atoms with Crippen LogP contribution in [-0.4, -0.2) is 18.2 Å². The first-order valence-electron chi connectivity index (χ1n) is 7.88. The molecule has 1 N–H and O–H groups in total. The van der Waals surface area contributed by atoms with Crippen LogP contribution in [0.5, 0.6) is 0 Å². The van der Waals surface area contributed by atoms with Gasteiger partial charge in [0.2, 0.25) is 0 Å². The van der Waals surface area contributed by atoms with E-state index in [4.69, 9.17) is 0 Å². The molecule has 0 spiro atoms. The molecule has 2 aliphatic rings. The fourth-order valence-electron chi connectivity index (χ4n) is 4.01. The monoisotopic (exact) mass is 277 g/mol. The molecule has 3 atom stereocenters. The number of nitrogens with zero attached hydrogens (tertiary/aromatic N) is 1. The Hall–Kier alpha value is -1.09. The second-order valence-electron chi connectivity index (χ2n) is 6.39. The van der Waals surface area contributed by atoms with Gasteiger partial charge in [-0.1, -0.05) is 31.4 Å². The zero-order valence-electron chi connectivity index (χ0n) is 12.2. The van der Waals surface area contributed by atoms with Gasteiger partial charge in [-0.3, -0.25) is 0 Å². The Morgan fingerprint density at radius 2 is 1.95 bits per heavy atom. The summed E-state index contributed by atoms with van der Waals surface area (Å²) in [4.78, 5) is 2.17. The molecule has 3 rings (SSSR count). The molecule has 1 heterocycles. The largest absolute Gasteiger partial charge is 0.389 e. The second kappa shape index (κ2) is 5.72. The minimum Gasteiger partial charge on any atom is -0.389 e. The van der Waals surface area contributed by atoms with Gasteiger partial charge in [-0.2, -0.15) is 0 Å². The number of anilines is 1. The van der Waals surface area contributed by atoms with Crippen LogP contribution in [-0.2, 0) is 0 Å². The van der Waals surface area contributed by atoms with Gasteiger partial charge in [0, 0.05) is 18.7 Å². The maximum Gasteiger partial charge on any atom is 0.146 e. The lowest BCUT2D eigenvalue weighted by molar-refractivity contribution is 0.192. The van der Waals surface area contributed by atoms with Gasteiger partial charge in [-0.15, -0.1) is 0 Å². The Balaban J connectivity index is 1.86.